The van der Waals surface area contributed by atoms with Crippen LogP contribution in [0.15, 0.2) is 23.2 Å². The highest BCUT2D eigenvalue weighted by atomic mass is 79.9. The van der Waals surface area contributed by atoms with Crippen LogP contribution in [0.1, 0.15) is 40.0 Å². The van der Waals surface area contributed by atoms with Gasteiger partial charge in [-0.3, -0.25) is 0 Å². The lowest BCUT2D eigenvalue weighted by molar-refractivity contribution is 0.589. The molecule has 0 bridgehead atoms. The van der Waals surface area contributed by atoms with Gasteiger partial charge in [0.2, 0.25) is 0 Å². The number of hydrogen-bond acceptors (Lipinski definition) is 3. The summed E-state index contributed by atoms with van der Waals surface area (Å²) in [5.74, 6) is 0.974. The lowest BCUT2D eigenvalue weighted by Gasteiger charge is -2.30. The van der Waals surface area contributed by atoms with Crippen molar-refractivity contribution in [3.05, 3.63) is 23.2 Å². The van der Waals surface area contributed by atoms with E-state index in [1.807, 2.05) is 23.0 Å². The van der Waals surface area contributed by atoms with Gasteiger partial charge in [-0.2, -0.15) is 0 Å². The number of imidazole rings is 1. The number of halogens is 1. The molecule has 4 nitrogen and oxygen atoms in total. The second-order valence-electron chi connectivity index (χ2n) is 4.85. The summed E-state index contributed by atoms with van der Waals surface area (Å²) in [6, 6.07) is 0.467. The number of hydrogen-bond donors (Lipinski definition) is 0. The van der Waals surface area contributed by atoms with Crippen LogP contribution in [0.4, 0.5) is 5.82 Å². The van der Waals surface area contributed by atoms with Crippen LogP contribution < -0.4 is 4.90 Å². The molecule has 104 valence electrons. The summed E-state index contributed by atoms with van der Waals surface area (Å²) in [7, 11) is 0. The van der Waals surface area contributed by atoms with Gasteiger partial charge in [-0.25, -0.2) is 9.97 Å². The van der Waals surface area contributed by atoms with Crippen molar-refractivity contribution in [2.75, 3.05) is 11.4 Å². The molecule has 0 spiro atoms. The predicted octanol–water partition coefficient (Wildman–Crippen LogP) is 3.90. The maximum atomic E-state index is 4.66. The second kappa shape index (κ2) is 6.37. The van der Waals surface area contributed by atoms with Crippen molar-refractivity contribution in [2.24, 2.45) is 0 Å². The van der Waals surface area contributed by atoms with Gasteiger partial charge in [0.1, 0.15) is 4.60 Å². The summed E-state index contributed by atoms with van der Waals surface area (Å²) in [5, 5.41) is 0. The van der Waals surface area contributed by atoms with Crippen LogP contribution in [0.25, 0.3) is 5.65 Å². The molecule has 1 unspecified atom stereocenters. The average molecular weight is 325 g/mol. The SMILES string of the molecule is CCCCN(c1nc(Br)cn2ccnc12)C(C)CC. The van der Waals surface area contributed by atoms with E-state index in [0.29, 0.717) is 6.04 Å². The van der Waals surface area contributed by atoms with Gasteiger partial charge in [0.15, 0.2) is 11.5 Å². The Morgan fingerprint density at radius 3 is 2.89 bits per heavy atom. The first-order valence-corrected chi connectivity index (χ1v) is 7.72. The maximum absolute atomic E-state index is 4.66. The smallest absolute Gasteiger partial charge is 0.180 e. The molecule has 2 aromatic heterocycles. The monoisotopic (exact) mass is 324 g/mol. The highest BCUT2D eigenvalue weighted by Gasteiger charge is 2.18. The number of aromatic nitrogens is 3. The van der Waals surface area contributed by atoms with Crippen molar-refractivity contribution >= 4 is 27.4 Å². The first-order chi connectivity index (χ1) is 9.17. The molecule has 0 fully saturated rings. The van der Waals surface area contributed by atoms with E-state index in [0.717, 1.165) is 29.0 Å². The molecular formula is C14H21BrN4. The minimum atomic E-state index is 0.467. The van der Waals surface area contributed by atoms with Crippen molar-refractivity contribution in [1.29, 1.82) is 0 Å². The lowest BCUT2D eigenvalue weighted by atomic mass is 10.2. The number of unbranched alkanes of at least 4 members (excludes halogenated alkanes) is 1. The van der Waals surface area contributed by atoms with Gasteiger partial charge in [0.05, 0.1) is 0 Å². The van der Waals surface area contributed by atoms with E-state index >= 15 is 0 Å². The topological polar surface area (TPSA) is 33.4 Å². The van der Waals surface area contributed by atoms with Crippen LogP contribution in [0.5, 0.6) is 0 Å². The molecule has 0 aliphatic rings. The molecule has 0 amide bonds. The van der Waals surface area contributed by atoms with Crippen LogP contribution in [0.3, 0.4) is 0 Å². The van der Waals surface area contributed by atoms with E-state index in [1.54, 1.807) is 0 Å². The standard InChI is InChI=1S/C14H21BrN4/c1-4-6-8-19(11(3)5-2)14-13-16-7-9-18(13)10-12(15)17-14/h7,9-11H,4-6,8H2,1-3H3. The minimum Gasteiger partial charge on any atom is -0.351 e. The Morgan fingerprint density at radius 1 is 1.42 bits per heavy atom. The molecule has 2 rings (SSSR count). The van der Waals surface area contributed by atoms with Crippen molar-refractivity contribution in [3.63, 3.8) is 0 Å². The summed E-state index contributed by atoms with van der Waals surface area (Å²) in [6.45, 7) is 7.70. The van der Waals surface area contributed by atoms with Crippen molar-refractivity contribution in [1.82, 2.24) is 14.4 Å². The first kappa shape index (κ1) is 14.3. The third-order valence-corrected chi connectivity index (χ3v) is 3.86. The molecule has 2 aromatic rings. The third kappa shape index (κ3) is 3.08. The summed E-state index contributed by atoms with van der Waals surface area (Å²) in [6.07, 6.45) is 9.18. The van der Waals surface area contributed by atoms with Crippen molar-refractivity contribution in [2.45, 2.75) is 46.1 Å². The zero-order valence-electron chi connectivity index (χ0n) is 11.8. The summed E-state index contributed by atoms with van der Waals surface area (Å²) < 4.78 is 2.87. The molecule has 0 aliphatic heterocycles. The van der Waals surface area contributed by atoms with Gasteiger partial charge in [0.25, 0.3) is 0 Å². The van der Waals surface area contributed by atoms with Crippen LogP contribution in [-0.2, 0) is 0 Å². The molecule has 19 heavy (non-hydrogen) atoms. The summed E-state index contributed by atoms with van der Waals surface area (Å²) in [5.41, 5.74) is 0.930. The highest BCUT2D eigenvalue weighted by molar-refractivity contribution is 9.10. The Balaban J connectivity index is 2.44. The number of anilines is 1. The van der Waals surface area contributed by atoms with Crippen LogP contribution in [-0.4, -0.2) is 27.0 Å². The Kier molecular flexibility index (Phi) is 4.80. The van der Waals surface area contributed by atoms with E-state index in [2.05, 4.69) is 51.6 Å². The second-order valence-corrected chi connectivity index (χ2v) is 5.66. The molecule has 0 N–H and O–H groups in total. The van der Waals surface area contributed by atoms with Gasteiger partial charge in [-0.1, -0.05) is 20.3 Å². The van der Waals surface area contributed by atoms with Crippen LogP contribution in [0.2, 0.25) is 0 Å². The maximum Gasteiger partial charge on any atom is 0.180 e. The van der Waals surface area contributed by atoms with Gasteiger partial charge in [-0.05, 0) is 35.7 Å². The quantitative estimate of drug-likeness (QED) is 0.808. The third-order valence-electron chi connectivity index (χ3n) is 3.47. The molecule has 2 heterocycles. The Bertz CT molecular complexity index is 537. The first-order valence-electron chi connectivity index (χ1n) is 6.93. The van der Waals surface area contributed by atoms with Gasteiger partial charge in [-0.15, -0.1) is 0 Å². The normalized spacial score (nSPS) is 12.8. The van der Waals surface area contributed by atoms with Crippen molar-refractivity contribution in [3.8, 4) is 0 Å². The number of nitrogens with zero attached hydrogens (tertiary/aromatic N) is 4. The molecule has 1 atom stereocenters. The zero-order chi connectivity index (χ0) is 13.8. The molecule has 0 radical (unpaired) electrons. The summed E-state index contributed by atoms with van der Waals surface area (Å²) >= 11 is 3.49. The van der Waals surface area contributed by atoms with E-state index in [9.17, 15) is 0 Å². The fraction of sp³-hybridized carbons (Fsp3) is 0.571. The molecule has 0 saturated heterocycles. The predicted molar refractivity (Wildman–Crippen MR) is 82.7 cm³/mol. The van der Waals surface area contributed by atoms with Gasteiger partial charge < -0.3 is 9.30 Å². The Hall–Kier alpha value is -1.10. The Labute approximate surface area is 123 Å². The fourth-order valence-corrected chi connectivity index (χ4v) is 2.55. The van der Waals surface area contributed by atoms with Crippen LogP contribution >= 0.6 is 15.9 Å². The Morgan fingerprint density at radius 2 is 2.21 bits per heavy atom. The molecule has 0 saturated carbocycles. The molecular weight excluding hydrogens is 304 g/mol. The zero-order valence-corrected chi connectivity index (χ0v) is 13.4. The van der Waals surface area contributed by atoms with Gasteiger partial charge >= 0.3 is 0 Å². The largest absolute Gasteiger partial charge is 0.351 e. The average Bonchev–Trinajstić information content (AvgIpc) is 2.86. The van der Waals surface area contributed by atoms with E-state index in [4.69, 9.17) is 0 Å². The molecule has 0 aliphatic carbocycles. The van der Waals surface area contributed by atoms with Gasteiger partial charge in [0, 0.05) is 31.2 Å². The fourth-order valence-electron chi connectivity index (χ4n) is 2.16. The minimum absolute atomic E-state index is 0.467. The number of rotatable bonds is 6. The highest BCUT2D eigenvalue weighted by Crippen LogP contribution is 2.24. The lowest BCUT2D eigenvalue weighted by Crippen LogP contribution is -2.34. The van der Waals surface area contributed by atoms with Crippen LogP contribution in [0, 0.1) is 0 Å². The number of fused-ring (bicyclic) bond motifs is 1. The van der Waals surface area contributed by atoms with E-state index < -0.39 is 0 Å². The van der Waals surface area contributed by atoms with E-state index in [-0.39, 0.29) is 0 Å². The summed E-state index contributed by atoms with van der Waals surface area (Å²) in [4.78, 5) is 11.5. The molecule has 5 heteroatoms. The van der Waals surface area contributed by atoms with E-state index in [1.165, 1.54) is 12.8 Å². The molecule has 0 aromatic carbocycles. The van der Waals surface area contributed by atoms with Crippen molar-refractivity contribution < 1.29 is 0 Å².